The van der Waals surface area contributed by atoms with Crippen molar-refractivity contribution in [1.82, 2.24) is 25.8 Å². The Morgan fingerprint density at radius 3 is 2.89 bits per heavy atom. The van der Waals surface area contributed by atoms with Crippen molar-refractivity contribution in [1.29, 1.82) is 0 Å². The molecule has 3 aromatic heterocycles. The van der Waals surface area contributed by atoms with Crippen molar-refractivity contribution in [3.05, 3.63) is 46.1 Å². The molecule has 0 aliphatic rings. The average molecular weight is 500 g/mol. The molecule has 0 bridgehead atoms. The van der Waals surface area contributed by atoms with Crippen molar-refractivity contribution in [2.45, 2.75) is 39.8 Å². The van der Waals surface area contributed by atoms with Crippen LogP contribution in [0.25, 0.3) is 11.6 Å². The Bertz CT molecular complexity index is 842. The van der Waals surface area contributed by atoms with Crippen molar-refractivity contribution in [2.24, 2.45) is 4.99 Å². The predicted octanol–water partition coefficient (Wildman–Crippen LogP) is 3.74. The van der Waals surface area contributed by atoms with E-state index in [-0.39, 0.29) is 30.0 Å². The highest BCUT2D eigenvalue weighted by Crippen LogP contribution is 2.17. The second-order valence-electron chi connectivity index (χ2n) is 6.04. The van der Waals surface area contributed by atoms with Crippen LogP contribution in [0.2, 0.25) is 0 Å². The van der Waals surface area contributed by atoms with E-state index in [4.69, 9.17) is 4.42 Å². The first-order valence-corrected chi connectivity index (χ1v) is 9.51. The summed E-state index contributed by atoms with van der Waals surface area (Å²) >= 11 is 1.84. The molecule has 0 aromatic carbocycles. The quantitative estimate of drug-likeness (QED) is 0.261. The fraction of sp³-hybridized carbons (Fsp3) is 0.389. The Labute approximate surface area is 180 Å². The molecule has 3 heterocycles. The van der Waals surface area contributed by atoms with Gasteiger partial charge >= 0.3 is 0 Å². The molecule has 1 atom stereocenters. The largest absolute Gasteiger partial charge is 0.461 e. The Balaban J connectivity index is 0.00000261. The van der Waals surface area contributed by atoms with Crippen molar-refractivity contribution < 1.29 is 4.42 Å². The van der Waals surface area contributed by atoms with Crippen molar-refractivity contribution >= 4 is 41.3 Å². The zero-order chi connectivity index (χ0) is 18.4. The molecule has 9 heteroatoms. The average Bonchev–Trinajstić information content (AvgIpc) is 3.34. The van der Waals surface area contributed by atoms with E-state index in [0.29, 0.717) is 24.0 Å². The van der Waals surface area contributed by atoms with E-state index in [1.807, 2.05) is 30.4 Å². The van der Waals surface area contributed by atoms with Gasteiger partial charge in [-0.15, -0.1) is 40.4 Å². The molecule has 0 spiro atoms. The standard InChI is InChI=1S/C18H24N6OS.HI/c1-4-19-18(21-12(2)10-14-8-7-13(3)26-14)20-11-16-22-17(24-23-16)15-6-5-9-25-15;/h5-9,12H,4,10-11H2,1-3H3,(H2,19,20,21)(H,22,23,24);1H. The topological polar surface area (TPSA) is 91.1 Å². The van der Waals surface area contributed by atoms with Gasteiger partial charge in [0, 0.05) is 28.8 Å². The second kappa shape index (κ2) is 10.5. The second-order valence-corrected chi connectivity index (χ2v) is 7.41. The van der Waals surface area contributed by atoms with E-state index in [1.54, 1.807) is 6.26 Å². The summed E-state index contributed by atoms with van der Waals surface area (Å²) in [5.41, 5.74) is 0. The molecule has 0 aliphatic heterocycles. The molecule has 3 N–H and O–H groups in total. The van der Waals surface area contributed by atoms with Crippen LogP contribution in [-0.2, 0) is 13.0 Å². The van der Waals surface area contributed by atoms with Crippen molar-refractivity contribution in [3.63, 3.8) is 0 Å². The molecule has 146 valence electrons. The van der Waals surface area contributed by atoms with E-state index < -0.39 is 0 Å². The zero-order valence-electron chi connectivity index (χ0n) is 15.7. The first-order chi connectivity index (χ1) is 12.6. The van der Waals surface area contributed by atoms with Gasteiger partial charge in [0.05, 0.1) is 6.26 Å². The summed E-state index contributed by atoms with van der Waals surface area (Å²) in [6.45, 7) is 7.55. The maximum atomic E-state index is 5.30. The third kappa shape index (κ3) is 6.35. The van der Waals surface area contributed by atoms with E-state index >= 15 is 0 Å². The number of furan rings is 1. The van der Waals surface area contributed by atoms with Gasteiger partial charge < -0.3 is 15.1 Å². The fourth-order valence-corrected chi connectivity index (χ4v) is 3.56. The van der Waals surface area contributed by atoms with Gasteiger partial charge in [-0.05, 0) is 45.0 Å². The number of aryl methyl sites for hydroxylation is 1. The molecule has 0 amide bonds. The van der Waals surface area contributed by atoms with Crippen LogP contribution in [0.1, 0.15) is 29.4 Å². The summed E-state index contributed by atoms with van der Waals surface area (Å²) in [5.74, 6) is 2.64. The van der Waals surface area contributed by atoms with E-state index in [0.717, 1.165) is 18.9 Å². The first-order valence-electron chi connectivity index (χ1n) is 8.69. The SMILES string of the molecule is CCNC(=NCc1nc(-c2ccco2)n[nH]1)NC(C)Cc1ccc(C)s1.I. The molecule has 0 saturated heterocycles. The highest BCUT2D eigenvalue weighted by atomic mass is 127. The molecule has 3 rings (SSSR count). The molecule has 0 aliphatic carbocycles. The Morgan fingerprint density at radius 1 is 1.37 bits per heavy atom. The molecule has 3 aromatic rings. The van der Waals surface area contributed by atoms with Crippen molar-refractivity contribution in [2.75, 3.05) is 6.54 Å². The van der Waals surface area contributed by atoms with Crippen LogP contribution in [0.5, 0.6) is 0 Å². The number of hydrogen-bond acceptors (Lipinski definition) is 5. The van der Waals surface area contributed by atoms with Gasteiger partial charge in [-0.3, -0.25) is 5.10 Å². The highest BCUT2D eigenvalue weighted by Gasteiger charge is 2.10. The molecule has 0 saturated carbocycles. The number of thiophene rings is 1. The number of nitrogens with one attached hydrogen (secondary N) is 3. The summed E-state index contributed by atoms with van der Waals surface area (Å²) < 4.78 is 5.30. The lowest BCUT2D eigenvalue weighted by Gasteiger charge is -2.17. The van der Waals surface area contributed by atoms with Crippen LogP contribution in [0.15, 0.2) is 39.9 Å². The van der Waals surface area contributed by atoms with Crippen LogP contribution in [-0.4, -0.2) is 33.7 Å². The number of nitrogens with zero attached hydrogens (tertiary/aromatic N) is 3. The van der Waals surface area contributed by atoms with Gasteiger partial charge in [0.15, 0.2) is 11.7 Å². The van der Waals surface area contributed by atoms with Gasteiger partial charge in [-0.2, -0.15) is 0 Å². The van der Waals surface area contributed by atoms with E-state index in [2.05, 4.69) is 56.8 Å². The highest BCUT2D eigenvalue weighted by molar-refractivity contribution is 14.0. The van der Waals surface area contributed by atoms with Crippen LogP contribution in [0.4, 0.5) is 0 Å². The minimum atomic E-state index is 0. The number of aromatic nitrogens is 3. The minimum absolute atomic E-state index is 0. The maximum Gasteiger partial charge on any atom is 0.216 e. The number of guanidine groups is 1. The predicted molar refractivity (Wildman–Crippen MR) is 120 cm³/mol. The summed E-state index contributed by atoms with van der Waals surface area (Å²) in [6, 6.07) is 8.27. The molecular weight excluding hydrogens is 475 g/mol. The first kappa shape index (κ1) is 21.4. The smallest absolute Gasteiger partial charge is 0.216 e. The number of aromatic amines is 1. The number of hydrogen-bond donors (Lipinski definition) is 3. The molecule has 27 heavy (non-hydrogen) atoms. The van der Waals surface area contributed by atoms with Crippen LogP contribution < -0.4 is 10.6 Å². The van der Waals surface area contributed by atoms with Gasteiger partial charge in [-0.25, -0.2) is 9.98 Å². The Kier molecular flexibility index (Phi) is 8.29. The van der Waals surface area contributed by atoms with Gasteiger partial charge in [-0.1, -0.05) is 0 Å². The third-order valence-electron chi connectivity index (χ3n) is 3.69. The summed E-state index contributed by atoms with van der Waals surface area (Å²) in [5, 5.41) is 13.8. The third-order valence-corrected chi connectivity index (χ3v) is 4.71. The summed E-state index contributed by atoms with van der Waals surface area (Å²) in [7, 11) is 0. The monoisotopic (exact) mass is 500 g/mol. The minimum Gasteiger partial charge on any atom is -0.461 e. The number of rotatable bonds is 7. The number of aliphatic imine (C=N–C) groups is 1. The molecule has 1 unspecified atom stereocenters. The van der Waals surface area contributed by atoms with E-state index in [9.17, 15) is 0 Å². The van der Waals surface area contributed by atoms with Crippen molar-refractivity contribution in [3.8, 4) is 11.6 Å². The number of halogens is 1. The lowest BCUT2D eigenvalue weighted by molar-refractivity contribution is 0.577. The lowest BCUT2D eigenvalue weighted by atomic mass is 10.2. The van der Waals surface area contributed by atoms with Crippen LogP contribution in [0, 0.1) is 6.92 Å². The lowest BCUT2D eigenvalue weighted by Crippen LogP contribution is -2.43. The fourth-order valence-electron chi connectivity index (χ4n) is 2.54. The maximum absolute atomic E-state index is 5.30. The summed E-state index contributed by atoms with van der Waals surface area (Å²) in [4.78, 5) is 11.7. The zero-order valence-corrected chi connectivity index (χ0v) is 18.8. The molecule has 7 nitrogen and oxygen atoms in total. The number of H-pyrrole nitrogens is 1. The molecular formula is C18H25IN6OS. The normalized spacial score (nSPS) is 12.5. The molecule has 0 fully saturated rings. The Morgan fingerprint density at radius 2 is 2.22 bits per heavy atom. The van der Waals surface area contributed by atoms with Gasteiger partial charge in [0.1, 0.15) is 12.4 Å². The van der Waals surface area contributed by atoms with Gasteiger partial charge in [0.2, 0.25) is 5.82 Å². The Hall–Kier alpha value is -1.88. The summed E-state index contributed by atoms with van der Waals surface area (Å²) in [6.07, 6.45) is 2.57. The van der Waals surface area contributed by atoms with E-state index in [1.165, 1.54) is 9.75 Å². The van der Waals surface area contributed by atoms with Gasteiger partial charge in [0.25, 0.3) is 0 Å². The van der Waals surface area contributed by atoms with Crippen LogP contribution >= 0.6 is 35.3 Å². The van der Waals surface area contributed by atoms with Crippen LogP contribution in [0.3, 0.4) is 0 Å². The molecule has 0 radical (unpaired) electrons.